The molecule has 0 atom stereocenters. The van der Waals surface area contributed by atoms with Gasteiger partial charge in [0.05, 0.1) is 0 Å². The first-order valence-electron chi connectivity index (χ1n) is 7.94. The molecule has 0 N–H and O–H groups in total. The largest absolute Gasteiger partial charge is 0.0758 e. The SMILES string of the molecule is CCCC1CCC(c2ccc(C=C(C)C)cc2)CC1. The summed E-state index contributed by atoms with van der Waals surface area (Å²) in [6.07, 6.45) is 10.7. The molecule has 0 unspecified atom stereocenters. The highest BCUT2D eigenvalue weighted by molar-refractivity contribution is 5.52. The average Bonchev–Trinajstić information content (AvgIpc) is 2.40. The van der Waals surface area contributed by atoms with Gasteiger partial charge in [-0.05, 0) is 62.5 Å². The first kappa shape index (κ1) is 14.4. The minimum Gasteiger partial charge on any atom is -0.0758 e. The minimum absolute atomic E-state index is 0.814. The van der Waals surface area contributed by atoms with Crippen LogP contribution in [0.15, 0.2) is 29.8 Å². The van der Waals surface area contributed by atoms with Crippen molar-refractivity contribution in [3.8, 4) is 0 Å². The van der Waals surface area contributed by atoms with Gasteiger partial charge in [-0.2, -0.15) is 0 Å². The number of benzene rings is 1. The third-order valence-corrected chi connectivity index (χ3v) is 4.41. The van der Waals surface area contributed by atoms with Crippen molar-refractivity contribution in [1.82, 2.24) is 0 Å². The Bertz CT molecular complexity index is 398. The normalized spacial score (nSPS) is 23.1. The molecule has 0 heteroatoms. The van der Waals surface area contributed by atoms with Gasteiger partial charge in [0.25, 0.3) is 0 Å². The number of allylic oxidation sites excluding steroid dienone is 1. The van der Waals surface area contributed by atoms with Crippen LogP contribution in [0.5, 0.6) is 0 Å². The molecule has 1 aromatic rings. The molecule has 0 heterocycles. The molecule has 0 spiro atoms. The van der Waals surface area contributed by atoms with Crippen molar-refractivity contribution in [1.29, 1.82) is 0 Å². The summed E-state index contributed by atoms with van der Waals surface area (Å²) < 4.78 is 0. The van der Waals surface area contributed by atoms with Gasteiger partial charge in [0.2, 0.25) is 0 Å². The van der Waals surface area contributed by atoms with Gasteiger partial charge < -0.3 is 0 Å². The fourth-order valence-electron chi connectivity index (χ4n) is 3.39. The van der Waals surface area contributed by atoms with E-state index < -0.39 is 0 Å². The van der Waals surface area contributed by atoms with Crippen LogP contribution in [0.1, 0.15) is 76.3 Å². The fourth-order valence-corrected chi connectivity index (χ4v) is 3.39. The molecule has 1 aliphatic carbocycles. The van der Waals surface area contributed by atoms with Crippen molar-refractivity contribution < 1.29 is 0 Å². The Morgan fingerprint density at radius 3 is 2.21 bits per heavy atom. The predicted octanol–water partition coefficient (Wildman–Crippen LogP) is 6.18. The third-order valence-electron chi connectivity index (χ3n) is 4.41. The molecule has 2 rings (SSSR count). The lowest BCUT2D eigenvalue weighted by Gasteiger charge is -2.28. The molecule has 1 fully saturated rings. The van der Waals surface area contributed by atoms with Crippen molar-refractivity contribution in [3.63, 3.8) is 0 Å². The lowest BCUT2D eigenvalue weighted by Crippen LogP contribution is -2.13. The maximum atomic E-state index is 2.35. The summed E-state index contributed by atoms with van der Waals surface area (Å²) in [5, 5.41) is 0. The first-order chi connectivity index (χ1) is 9.19. The van der Waals surface area contributed by atoms with Gasteiger partial charge in [-0.3, -0.25) is 0 Å². The summed E-state index contributed by atoms with van der Waals surface area (Å²) in [6.45, 7) is 6.62. The molecule has 1 saturated carbocycles. The Kier molecular flexibility index (Phi) is 5.24. The van der Waals surface area contributed by atoms with Crippen molar-refractivity contribution in [3.05, 3.63) is 41.0 Å². The van der Waals surface area contributed by atoms with E-state index in [1.54, 1.807) is 5.56 Å². The second-order valence-electron chi connectivity index (χ2n) is 6.39. The Hall–Kier alpha value is -1.04. The van der Waals surface area contributed by atoms with Gasteiger partial charge >= 0.3 is 0 Å². The monoisotopic (exact) mass is 256 g/mol. The highest BCUT2D eigenvalue weighted by Gasteiger charge is 2.21. The van der Waals surface area contributed by atoms with Gasteiger partial charge in [-0.25, -0.2) is 0 Å². The standard InChI is InChI=1S/C19H28/c1-4-5-16-6-10-18(11-7-16)19-12-8-17(9-13-19)14-15(2)3/h8-9,12-14,16,18H,4-7,10-11H2,1-3H3. The maximum absolute atomic E-state index is 2.35. The number of hydrogen-bond acceptors (Lipinski definition) is 0. The molecule has 0 amide bonds. The Labute approximate surface area is 118 Å². The van der Waals surface area contributed by atoms with E-state index in [4.69, 9.17) is 0 Å². The average molecular weight is 256 g/mol. The van der Waals surface area contributed by atoms with Gasteiger partial charge in [-0.1, -0.05) is 55.7 Å². The van der Waals surface area contributed by atoms with Gasteiger partial charge in [-0.15, -0.1) is 0 Å². The maximum Gasteiger partial charge on any atom is -0.0162 e. The van der Waals surface area contributed by atoms with Crippen LogP contribution in [-0.4, -0.2) is 0 Å². The molecular formula is C19H28. The lowest BCUT2D eigenvalue weighted by atomic mass is 9.77. The first-order valence-corrected chi connectivity index (χ1v) is 7.94. The van der Waals surface area contributed by atoms with Crippen LogP contribution in [0.3, 0.4) is 0 Å². The van der Waals surface area contributed by atoms with E-state index in [2.05, 4.69) is 51.1 Å². The predicted molar refractivity (Wildman–Crippen MR) is 85.4 cm³/mol. The van der Waals surface area contributed by atoms with Crippen LogP contribution >= 0.6 is 0 Å². The van der Waals surface area contributed by atoms with E-state index in [1.165, 1.54) is 49.7 Å². The van der Waals surface area contributed by atoms with Crippen molar-refractivity contribution in [2.75, 3.05) is 0 Å². The molecule has 19 heavy (non-hydrogen) atoms. The molecular weight excluding hydrogens is 228 g/mol. The van der Waals surface area contributed by atoms with Crippen molar-refractivity contribution in [2.24, 2.45) is 5.92 Å². The molecule has 0 nitrogen and oxygen atoms in total. The smallest absolute Gasteiger partial charge is 0.0162 e. The van der Waals surface area contributed by atoms with Crippen LogP contribution in [0, 0.1) is 5.92 Å². The van der Waals surface area contributed by atoms with E-state index in [0.717, 1.165) is 11.8 Å². The Morgan fingerprint density at radius 2 is 1.68 bits per heavy atom. The van der Waals surface area contributed by atoms with E-state index in [0.29, 0.717) is 0 Å². The molecule has 0 saturated heterocycles. The summed E-state index contributed by atoms with van der Waals surface area (Å²) in [7, 11) is 0. The van der Waals surface area contributed by atoms with E-state index in [1.807, 2.05) is 0 Å². The summed E-state index contributed by atoms with van der Waals surface area (Å²) in [4.78, 5) is 0. The van der Waals surface area contributed by atoms with E-state index >= 15 is 0 Å². The molecule has 0 bridgehead atoms. The topological polar surface area (TPSA) is 0 Å². The highest BCUT2D eigenvalue weighted by atomic mass is 14.3. The van der Waals surface area contributed by atoms with Crippen molar-refractivity contribution >= 4 is 6.08 Å². The van der Waals surface area contributed by atoms with E-state index in [9.17, 15) is 0 Å². The quantitative estimate of drug-likeness (QED) is 0.603. The van der Waals surface area contributed by atoms with Crippen molar-refractivity contribution in [2.45, 2.75) is 65.2 Å². The van der Waals surface area contributed by atoms with Gasteiger partial charge in [0, 0.05) is 0 Å². The van der Waals surface area contributed by atoms with Gasteiger partial charge in [0.1, 0.15) is 0 Å². The van der Waals surface area contributed by atoms with Crippen LogP contribution < -0.4 is 0 Å². The minimum atomic E-state index is 0.814. The number of rotatable bonds is 4. The lowest BCUT2D eigenvalue weighted by molar-refractivity contribution is 0.308. The highest BCUT2D eigenvalue weighted by Crippen LogP contribution is 2.37. The molecule has 1 aromatic carbocycles. The number of hydrogen-bond donors (Lipinski definition) is 0. The summed E-state index contributed by atoms with van der Waals surface area (Å²) in [6, 6.07) is 9.25. The molecule has 0 aliphatic heterocycles. The molecule has 1 aliphatic rings. The molecule has 0 radical (unpaired) electrons. The van der Waals surface area contributed by atoms with Crippen LogP contribution in [0.4, 0.5) is 0 Å². The molecule has 104 valence electrons. The van der Waals surface area contributed by atoms with Crippen LogP contribution in [0.25, 0.3) is 6.08 Å². The molecule has 0 aromatic heterocycles. The summed E-state index contributed by atoms with van der Waals surface area (Å²) in [5.74, 6) is 1.82. The summed E-state index contributed by atoms with van der Waals surface area (Å²) >= 11 is 0. The second-order valence-corrected chi connectivity index (χ2v) is 6.39. The van der Waals surface area contributed by atoms with Gasteiger partial charge in [0.15, 0.2) is 0 Å². The van der Waals surface area contributed by atoms with Crippen LogP contribution in [-0.2, 0) is 0 Å². The zero-order valence-corrected chi connectivity index (χ0v) is 12.8. The zero-order valence-electron chi connectivity index (χ0n) is 12.8. The summed E-state index contributed by atoms with van der Waals surface area (Å²) in [5.41, 5.74) is 4.26. The second kappa shape index (κ2) is 6.93. The van der Waals surface area contributed by atoms with E-state index in [-0.39, 0.29) is 0 Å². The zero-order chi connectivity index (χ0) is 13.7. The Morgan fingerprint density at radius 1 is 1.05 bits per heavy atom. The third kappa shape index (κ3) is 4.23. The fraction of sp³-hybridized carbons (Fsp3) is 0.579. The Balaban J connectivity index is 1.94. The van der Waals surface area contributed by atoms with Crippen LogP contribution in [0.2, 0.25) is 0 Å².